The van der Waals surface area contributed by atoms with Gasteiger partial charge in [-0.3, -0.25) is 9.59 Å². The van der Waals surface area contributed by atoms with Crippen LogP contribution in [-0.2, 0) is 29.2 Å². The number of hydrogen-bond acceptors (Lipinski definition) is 3. The highest BCUT2D eigenvalue weighted by molar-refractivity contribution is 5.75. The molecule has 0 saturated heterocycles. The zero-order valence-corrected chi connectivity index (χ0v) is 12.8. The molecule has 2 aromatic rings. The van der Waals surface area contributed by atoms with Crippen LogP contribution in [0.3, 0.4) is 0 Å². The van der Waals surface area contributed by atoms with E-state index in [4.69, 9.17) is 4.74 Å². The van der Waals surface area contributed by atoms with E-state index < -0.39 is 0 Å². The van der Waals surface area contributed by atoms with Crippen molar-refractivity contribution in [3.05, 3.63) is 69.6 Å². The number of hydrogen-bond donors (Lipinski definition) is 1. The lowest BCUT2D eigenvalue weighted by atomic mass is 10.1. The lowest BCUT2D eigenvalue weighted by Gasteiger charge is -2.11. The molecule has 5 heteroatoms. The third-order valence-corrected chi connectivity index (χ3v) is 3.36. The van der Waals surface area contributed by atoms with Crippen molar-refractivity contribution in [1.29, 1.82) is 0 Å². The molecule has 0 aliphatic carbocycles. The summed E-state index contributed by atoms with van der Waals surface area (Å²) >= 11 is 0. The minimum Gasteiger partial charge on any atom is -0.380 e. The van der Waals surface area contributed by atoms with Crippen LogP contribution in [0.5, 0.6) is 0 Å². The van der Waals surface area contributed by atoms with Gasteiger partial charge in [-0.15, -0.1) is 0 Å². The van der Waals surface area contributed by atoms with Gasteiger partial charge in [0.25, 0.3) is 5.56 Å². The van der Waals surface area contributed by atoms with E-state index in [0.717, 1.165) is 16.7 Å². The van der Waals surface area contributed by atoms with Crippen LogP contribution in [0.15, 0.2) is 47.4 Å². The number of carbonyl (C=O) groups is 1. The lowest BCUT2D eigenvalue weighted by Crippen LogP contribution is -2.31. The van der Waals surface area contributed by atoms with Gasteiger partial charge >= 0.3 is 0 Å². The lowest BCUT2D eigenvalue weighted by molar-refractivity contribution is -0.121. The van der Waals surface area contributed by atoms with Gasteiger partial charge in [0, 0.05) is 25.9 Å². The average Bonchev–Trinajstić information content (AvgIpc) is 2.49. The van der Waals surface area contributed by atoms with Gasteiger partial charge in [0.05, 0.1) is 6.61 Å². The Labute approximate surface area is 129 Å². The summed E-state index contributed by atoms with van der Waals surface area (Å²) in [6.07, 6.45) is 1.64. The van der Waals surface area contributed by atoms with E-state index in [9.17, 15) is 9.59 Å². The highest BCUT2D eigenvalue weighted by atomic mass is 16.5. The molecule has 0 aliphatic rings. The molecular weight excluding hydrogens is 280 g/mol. The highest BCUT2D eigenvalue weighted by Gasteiger charge is 2.06. The Kier molecular flexibility index (Phi) is 5.49. The van der Waals surface area contributed by atoms with Gasteiger partial charge in [-0.1, -0.05) is 24.3 Å². The summed E-state index contributed by atoms with van der Waals surface area (Å²) in [5.74, 6) is -0.196. The predicted octanol–water partition coefficient (Wildman–Crippen LogP) is 1.62. The SMILES string of the molecule is COCc1ccccc1CNC(=O)Cn1ccc(C)cc1=O. The van der Waals surface area contributed by atoms with Crippen molar-refractivity contribution in [2.75, 3.05) is 7.11 Å². The maximum Gasteiger partial charge on any atom is 0.251 e. The predicted molar refractivity (Wildman–Crippen MR) is 84.4 cm³/mol. The van der Waals surface area contributed by atoms with Gasteiger partial charge in [-0.2, -0.15) is 0 Å². The second-order valence-electron chi connectivity index (χ2n) is 5.15. The molecule has 0 fully saturated rings. The van der Waals surface area contributed by atoms with Crippen molar-refractivity contribution in [1.82, 2.24) is 9.88 Å². The van der Waals surface area contributed by atoms with Crippen LogP contribution in [0.2, 0.25) is 0 Å². The first-order valence-electron chi connectivity index (χ1n) is 7.09. The summed E-state index contributed by atoms with van der Waals surface area (Å²) in [7, 11) is 1.64. The fourth-order valence-electron chi connectivity index (χ4n) is 2.17. The van der Waals surface area contributed by atoms with Gasteiger partial charge in [-0.05, 0) is 29.7 Å². The quantitative estimate of drug-likeness (QED) is 0.882. The Morgan fingerprint density at radius 3 is 2.64 bits per heavy atom. The van der Waals surface area contributed by atoms with Crippen LogP contribution in [-0.4, -0.2) is 17.6 Å². The molecular formula is C17H20N2O3. The molecule has 116 valence electrons. The van der Waals surface area contributed by atoms with Crippen molar-refractivity contribution in [3.63, 3.8) is 0 Å². The number of nitrogens with zero attached hydrogens (tertiary/aromatic N) is 1. The van der Waals surface area contributed by atoms with E-state index in [1.165, 1.54) is 10.6 Å². The number of pyridine rings is 1. The summed E-state index contributed by atoms with van der Waals surface area (Å²) in [5.41, 5.74) is 2.76. The Morgan fingerprint density at radius 1 is 1.23 bits per heavy atom. The molecule has 1 amide bonds. The zero-order valence-electron chi connectivity index (χ0n) is 12.8. The summed E-state index contributed by atoms with van der Waals surface area (Å²) < 4.78 is 6.53. The summed E-state index contributed by atoms with van der Waals surface area (Å²) in [6, 6.07) is 11.1. The number of nitrogens with one attached hydrogen (secondary N) is 1. The van der Waals surface area contributed by atoms with Gasteiger partial charge in [-0.25, -0.2) is 0 Å². The van der Waals surface area contributed by atoms with Gasteiger partial charge < -0.3 is 14.6 Å². The first-order valence-corrected chi connectivity index (χ1v) is 7.09. The number of benzene rings is 1. The maximum atomic E-state index is 12.0. The topological polar surface area (TPSA) is 60.3 Å². The molecule has 1 aromatic carbocycles. The first kappa shape index (κ1) is 16.0. The molecule has 0 atom stereocenters. The Hall–Kier alpha value is -2.40. The first-order chi connectivity index (χ1) is 10.6. The van der Waals surface area contributed by atoms with Crippen LogP contribution >= 0.6 is 0 Å². The second kappa shape index (κ2) is 7.56. The van der Waals surface area contributed by atoms with Crippen LogP contribution in [0.1, 0.15) is 16.7 Å². The molecule has 22 heavy (non-hydrogen) atoms. The van der Waals surface area contributed by atoms with Gasteiger partial charge in [0.2, 0.25) is 5.91 Å². The number of aryl methyl sites for hydroxylation is 1. The smallest absolute Gasteiger partial charge is 0.251 e. The third kappa shape index (κ3) is 4.30. The summed E-state index contributed by atoms with van der Waals surface area (Å²) in [4.78, 5) is 23.7. The Balaban J connectivity index is 1.97. The van der Waals surface area contributed by atoms with E-state index in [0.29, 0.717) is 13.2 Å². The van der Waals surface area contributed by atoms with Crippen molar-refractivity contribution in [2.45, 2.75) is 26.6 Å². The van der Waals surface area contributed by atoms with Crippen molar-refractivity contribution in [2.24, 2.45) is 0 Å². The molecule has 0 aliphatic heterocycles. The molecule has 0 radical (unpaired) electrons. The number of ether oxygens (including phenoxy) is 1. The van der Waals surface area contributed by atoms with E-state index >= 15 is 0 Å². The molecule has 1 heterocycles. The standard InChI is InChI=1S/C17H20N2O3/c1-13-7-8-19(17(21)9-13)11-16(20)18-10-14-5-3-4-6-15(14)12-22-2/h3-9H,10-12H2,1-2H3,(H,18,20). The van der Waals surface area contributed by atoms with E-state index in [-0.39, 0.29) is 18.0 Å². The molecule has 1 aromatic heterocycles. The Morgan fingerprint density at radius 2 is 1.95 bits per heavy atom. The van der Waals surface area contributed by atoms with Gasteiger partial charge in [0.15, 0.2) is 0 Å². The fraction of sp³-hybridized carbons (Fsp3) is 0.294. The molecule has 0 bridgehead atoms. The van der Waals surface area contributed by atoms with Crippen molar-refractivity contribution < 1.29 is 9.53 Å². The van der Waals surface area contributed by atoms with E-state index in [2.05, 4.69) is 5.32 Å². The van der Waals surface area contributed by atoms with Crippen LogP contribution in [0, 0.1) is 6.92 Å². The number of carbonyl (C=O) groups excluding carboxylic acids is 1. The molecule has 2 rings (SSSR count). The molecule has 5 nitrogen and oxygen atoms in total. The van der Waals surface area contributed by atoms with Gasteiger partial charge in [0.1, 0.15) is 6.54 Å². The normalized spacial score (nSPS) is 10.5. The second-order valence-corrected chi connectivity index (χ2v) is 5.15. The number of aromatic nitrogens is 1. The number of rotatable bonds is 6. The largest absolute Gasteiger partial charge is 0.380 e. The van der Waals surface area contributed by atoms with Crippen molar-refractivity contribution >= 4 is 5.91 Å². The summed E-state index contributed by atoms with van der Waals surface area (Å²) in [6.45, 7) is 2.78. The molecule has 0 saturated carbocycles. The minimum atomic E-state index is -0.196. The third-order valence-electron chi connectivity index (χ3n) is 3.36. The maximum absolute atomic E-state index is 12.0. The Bertz CT molecular complexity index is 707. The van der Waals surface area contributed by atoms with E-state index in [1.54, 1.807) is 13.3 Å². The van der Waals surface area contributed by atoms with Crippen LogP contribution in [0.4, 0.5) is 0 Å². The van der Waals surface area contributed by atoms with E-state index in [1.807, 2.05) is 37.3 Å². The minimum absolute atomic E-state index is 0.0194. The zero-order chi connectivity index (χ0) is 15.9. The molecule has 1 N–H and O–H groups in total. The monoisotopic (exact) mass is 300 g/mol. The fourth-order valence-corrected chi connectivity index (χ4v) is 2.17. The van der Waals surface area contributed by atoms with Crippen LogP contribution in [0.25, 0.3) is 0 Å². The summed E-state index contributed by atoms with van der Waals surface area (Å²) in [5, 5.41) is 2.83. The molecule has 0 unspecified atom stereocenters. The number of methoxy groups -OCH3 is 1. The number of amides is 1. The average molecular weight is 300 g/mol. The highest BCUT2D eigenvalue weighted by Crippen LogP contribution is 2.09. The molecule has 0 spiro atoms. The van der Waals surface area contributed by atoms with Crippen molar-refractivity contribution in [3.8, 4) is 0 Å². The van der Waals surface area contributed by atoms with Crippen LogP contribution < -0.4 is 10.9 Å².